The van der Waals surface area contributed by atoms with E-state index in [4.69, 9.17) is 0 Å². The van der Waals surface area contributed by atoms with Gasteiger partial charge in [-0.2, -0.15) is 0 Å². The molecule has 20 heavy (non-hydrogen) atoms. The number of hydrogen-bond donors (Lipinski definition) is 1. The van der Waals surface area contributed by atoms with Crippen molar-refractivity contribution in [2.24, 2.45) is 0 Å². The van der Waals surface area contributed by atoms with Gasteiger partial charge in [0, 0.05) is 16.6 Å². The third kappa shape index (κ3) is 3.17. The second-order valence-electron chi connectivity index (χ2n) is 4.78. The summed E-state index contributed by atoms with van der Waals surface area (Å²) in [6.07, 6.45) is 1.36. The van der Waals surface area contributed by atoms with E-state index < -0.39 is 6.04 Å². The molecule has 1 N–H and O–H groups in total. The zero-order valence-corrected chi connectivity index (χ0v) is 12.7. The third-order valence-corrected chi connectivity index (χ3v) is 3.82. The summed E-state index contributed by atoms with van der Waals surface area (Å²) in [5, 5.41) is 2.58. The van der Waals surface area contributed by atoms with Crippen molar-refractivity contribution < 1.29 is 14.0 Å². The first kappa shape index (κ1) is 15.0. The molecule has 1 saturated heterocycles. The second-order valence-corrected chi connectivity index (χ2v) is 5.70. The highest BCUT2D eigenvalue weighted by molar-refractivity contribution is 9.10. The molecule has 1 fully saturated rings. The van der Waals surface area contributed by atoms with Gasteiger partial charge in [0.05, 0.1) is 6.54 Å². The van der Waals surface area contributed by atoms with Crippen LogP contribution in [0.25, 0.3) is 0 Å². The number of amides is 2. The fourth-order valence-electron chi connectivity index (χ4n) is 2.30. The fraction of sp³-hybridized carbons (Fsp3) is 0.429. The number of hydrogen-bond acceptors (Lipinski definition) is 2. The SMILES string of the molecule is CCCC1C(=O)NCC(=O)N1Cc1cc(Br)ccc1F. The molecule has 0 aromatic heterocycles. The van der Waals surface area contributed by atoms with Crippen molar-refractivity contribution in [1.29, 1.82) is 0 Å². The molecule has 0 radical (unpaired) electrons. The summed E-state index contributed by atoms with van der Waals surface area (Å²) in [4.78, 5) is 25.3. The summed E-state index contributed by atoms with van der Waals surface area (Å²) in [5.41, 5.74) is 0.406. The van der Waals surface area contributed by atoms with Gasteiger partial charge in [-0.15, -0.1) is 0 Å². The second kappa shape index (κ2) is 6.35. The summed E-state index contributed by atoms with van der Waals surface area (Å²) in [6, 6.07) is 4.08. The van der Waals surface area contributed by atoms with E-state index in [9.17, 15) is 14.0 Å². The van der Waals surface area contributed by atoms with E-state index in [1.165, 1.54) is 11.0 Å². The van der Waals surface area contributed by atoms with Gasteiger partial charge < -0.3 is 10.2 Å². The molecule has 4 nitrogen and oxygen atoms in total. The first-order chi connectivity index (χ1) is 9.52. The van der Waals surface area contributed by atoms with Gasteiger partial charge in [0.2, 0.25) is 11.8 Å². The lowest BCUT2D eigenvalue weighted by atomic mass is 10.1. The van der Waals surface area contributed by atoms with E-state index in [1.807, 2.05) is 6.92 Å². The van der Waals surface area contributed by atoms with Gasteiger partial charge in [0.1, 0.15) is 11.9 Å². The lowest BCUT2D eigenvalue weighted by Crippen LogP contribution is -2.57. The Bertz CT molecular complexity index is 536. The molecule has 1 aliphatic rings. The molecule has 1 unspecified atom stereocenters. The van der Waals surface area contributed by atoms with Crippen LogP contribution in [0.15, 0.2) is 22.7 Å². The van der Waals surface area contributed by atoms with Crippen LogP contribution in [0.4, 0.5) is 4.39 Å². The lowest BCUT2D eigenvalue weighted by Gasteiger charge is -2.35. The van der Waals surface area contributed by atoms with Crippen LogP contribution in [-0.2, 0) is 16.1 Å². The minimum absolute atomic E-state index is 0.0192. The van der Waals surface area contributed by atoms with Crippen molar-refractivity contribution in [1.82, 2.24) is 10.2 Å². The largest absolute Gasteiger partial charge is 0.345 e. The number of rotatable bonds is 4. The van der Waals surface area contributed by atoms with Crippen LogP contribution in [0.5, 0.6) is 0 Å². The van der Waals surface area contributed by atoms with Crippen molar-refractivity contribution in [2.45, 2.75) is 32.4 Å². The predicted molar refractivity (Wildman–Crippen MR) is 76.4 cm³/mol. The molecule has 1 aromatic carbocycles. The molecule has 1 aromatic rings. The van der Waals surface area contributed by atoms with Crippen molar-refractivity contribution in [2.75, 3.05) is 6.54 Å². The molecule has 108 valence electrons. The summed E-state index contributed by atoms with van der Waals surface area (Å²) >= 11 is 3.28. The first-order valence-corrected chi connectivity index (χ1v) is 7.33. The number of carbonyl (C=O) groups excluding carboxylic acids is 2. The molecule has 2 amide bonds. The molecule has 0 bridgehead atoms. The van der Waals surface area contributed by atoms with E-state index in [2.05, 4.69) is 21.2 Å². The number of piperazine rings is 1. The van der Waals surface area contributed by atoms with E-state index in [0.717, 1.165) is 10.9 Å². The Morgan fingerprint density at radius 3 is 2.90 bits per heavy atom. The molecule has 6 heteroatoms. The standard InChI is InChI=1S/C14H16BrFN2O2/c1-2-3-12-14(20)17-7-13(19)18(12)8-9-6-10(15)4-5-11(9)16/h4-6,12H,2-3,7-8H2,1H3,(H,17,20). The van der Waals surface area contributed by atoms with Gasteiger partial charge in [-0.25, -0.2) is 4.39 Å². The van der Waals surface area contributed by atoms with E-state index in [1.54, 1.807) is 12.1 Å². The lowest BCUT2D eigenvalue weighted by molar-refractivity contribution is -0.146. The van der Waals surface area contributed by atoms with Crippen molar-refractivity contribution in [3.05, 3.63) is 34.1 Å². The van der Waals surface area contributed by atoms with Gasteiger partial charge in [-0.1, -0.05) is 29.3 Å². The van der Waals surface area contributed by atoms with Crippen LogP contribution in [0.3, 0.4) is 0 Å². The van der Waals surface area contributed by atoms with Gasteiger partial charge in [0.25, 0.3) is 0 Å². The fourth-order valence-corrected chi connectivity index (χ4v) is 2.71. The van der Waals surface area contributed by atoms with Gasteiger partial charge in [0.15, 0.2) is 0 Å². The molecule has 2 rings (SSSR count). The predicted octanol–water partition coefficient (Wildman–Crippen LogP) is 2.22. The minimum atomic E-state index is -0.514. The van der Waals surface area contributed by atoms with Crippen molar-refractivity contribution in [3.63, 3.8) is 0 Å². The Morgan fingerprint density at radius 1 is 1.45 bits per heavy atom. The van der Waals surface area contributed by atoms with E-state index >= 15 is 0 Å². The highest BCUT2D eigenvalue weighted by atomic mass is 79.9. The maximum absolute atomic E-state index is 13.8. The molecule has 0 aliphatic carbocycles. The normalized spacial score (nSPS) is 19.1. The molecule has 0 spiro atoms. The Morgan fingerprint density at radius 2 is 2.20 bits per heavy atom. The smallest absolute Gasteiger partial charge is 0.243 e. The highest BCUT2D eigenvalue weighted by Gasteiger charge is 2.33. The molecule has 1 aliphatic heterocycles. The average Bonchev–Trinajstić information content (AvgIpc) is 2.42. The zero-order valence-electron chi connectivity index (χ0n) is 11.2. The maximum Gasteiger partial charge on any atom is 0.243 e. The number of nitrogens with zero attached hydrogens (tertiary/aromatic N) is 1. The van der Waals surface area contributed by atoms with Crippen molar-refractivity contribution >= 4 is 27.7 Å². The van der Waals surface area contributed by atoms with Crippen LogP contribution < -0.4 is 5.32 Å². The zero-order chi connectivity index (χ0) is 14.7. The molecule has 1 atom stereocenters. The minimum Gasteiger partial charge on any atom is -0.345 e. The van der Waals surface area contributed by atoms with Crippen LogP contribution in [0.1, 0.15) is 25.3 Å². The average molecular weight is 343 g/mol. The third-order valence-electron chi connectivity index (χ3n) is 3.32. The quantitative estimate of drug-likeness (QED) is 0.911. The first-order valence-electron chi connectivity index (χ1n) is 6.54. The monoisotopic (exact) mass is 342 g/mol. The van der Waals surface area contributed by atoms with E-state index in [-0.39, 0.29) is 30.7 Å². The van der Waals surface area contributed by atoms with Crippen LogP contribution in [-0.4, -0.2) is 29.3 Å². The Labute approximate surface area is 125 Å². The Kier molecular flexibility index (Phi) is 4.75. The Balaban J connectivity index is 2.25. The summed E-state index contributed by atoms with van der Waals surface area (Å²) < 4.78 is 14.5. The van der Waals surface area contributed by atoms with Gasteiger partial charge in [-0.05, 0) is 24.6 Å². The molecule has 1 heterocycles. The van der Waals surface area contributed by atoms with Crippen molar-refractivity contribution in [3.8, 4) is 0 Å². The van der Waals surface area contributed by atoms with Crippen LogP contribution in [0, 0.1) is 5.82 Å². The van der Waals surface area contributed by atoms with Gasteiger partial charge >= 0.3 is 0 Å². The maximum atomic E-state index is 13.8. The summed E-state index contributed by atoms with van der Waals surface area (Å²) in [5.74, 6) is -0.716. The topological polar surface area (TPSA) is 49.4 Å². The molecular weight excluding hydrogens is 327 g/mol. The van der Waals surface area contributed by atoms with Gasteiger partial charge in [-0.3, -0.25) is 9.59 Å². The summed E-state index contributed by atoms with van der Waals surface area (Å²) in [6.45, 7) is 2.04. The van der Waals surface area contributed by atoms with Crippen LogP contribution in [0.2, 0.25) is 0 Å². The number of nitrogens with one attached hydrogen (secondary N) is 1. The number of benzene rings is 1. The summed E-state index contributed by atoms with van der Waals surface area (Å²) in [7, 11) is 0. The van der Waals surface area contributed by atoms with Crippen LogP contribution >= 0.6 is 15.9 Å². The Hall–Kier alpha value is -1.43. The number of halogens is 2. The molecular formula is C14H16BrFN2O2. The highest BCUT2D eigenvalue weighted by Crippen LogP contribution is 2.20. The molecule has 0 saturated carbocycles. The number of carbonyl (C=O) groups is 2. The van der Waals surface area contributed by atoms with E-state index in [0.29, 0.717) is 12.0 Å².